The van der Waals surface area contributed by atoms with Gasteiger partial charge in [0.25, 0.3) is 11.8 Å². The zero-order valence-electron chi connectivity index (χ0n) is 15.4. The zero-order chi connectivity index (χ0) is 19.9. The number of rotatable bonds is 4. The quantitative estimate of drug-likeness (QED) is 0.823. The highest BCUT2D eigenvalue weighted by Crippen LogP contribution is 2.44. The Bertz CT molecular complexity index is 883. The SMILES string of the molecule is CC(C)(C)[C@@H]1CCc2c(sc(NC(=O)c3ccn(C(F)F)n3)c2C(N)=O)C1. The zero-order valence-corrected chi connectivity index (χ0v) is 16.2. The number of hydrogen-bond acceptors (Lipinski definition) is 4. The number of alkyl halides is 2. The van der Waals surface area contributed by atoms with Gasteiger partial charge < -0.3 is 11.1 Å². The number of hydrogen-bond donors (Lipinski definition) is 2. The Morgan fingerprint density at radius 3 is 2.67 bits per heavy atom. The molecule has 0 radical (unpaired) electrons. The molecule has 2 heterocycles. The molecule has 0 saturated heterocycles. The normalized spacial score (nSPS) is 17.0. The fourth-order valence-electron chi connectivity index (χ4n) is 3.41. The van der Waals surface area contributed by atoms with E-state index in [-0.39, 0.29) is 11.1 Å². The highest BCUT2D eigenvalue weighted by molar-refractivity contribution is 7.17. The predicted octanol–water partition coefficient (Wildman–Crippen LogP) is 3.84. The van der Waals surface area contributed by atoms with Crippen molar-refractivity contribution < 1.29 is 18.4 Å². The molecule has 6 nitrogen and oxygen atoms in total. The van der Waals surface area contributed by atoms with Crippen LogP contribution in [0.1, 0.15) is 65.0 Å². The topological polar surface area (TPSA) is 90.0 Å². The Morgan fingerprint density at radius 2 is 2.11 bits per heavy atom. The van der Waals surface area contributed by atoms with Crippen LogP contribution >= 0.6 is 11.3 Å². The molecule has 0 bridgehead atoms. The number of aromatic nitrogens is 2. The second-order valence-corrected chi connectivity index (χ2v) is 8.90. The molecule has 2 amide bonds. The summed E-state index contributed by atoms with van der Waals surface area (Å²) in [7, 11) is 0. The third kappa shape index (κ3) is 3.87. The van der Waals surface area contributed by atoms with Gasteiger partial charge in [0.15, 0.2) is 5.69 Å². The van der Waals surface area contributed by atoms with E-state index in [1.807, 2.05) is 0 Å². The van der Waals surface area contributed by atoms with Gasteiger partial charge in [-0.15, -0.1) is 11.3 Å². The number of nitrogens with one attached hydrogen (secondary N) is 1. The standard InChI is InChI=1S/C18H22F2N4O2S/c1-18(2,3)9-4-5-10-12(8-9)27-16(13(10)14(21)25)22-15(26)11-6-7-24(23-11)17(19)20/h6-7,9,17H,4-5,8H2,1-3H3,(H2,21,25)(H,22,26)/t9-/m1/s1. The summed E-state index contributed by atoms with van der Waals surface area (Å²) >= 11 is 1.33. The van der Waals surface area contributed by atoms with Gasteiger partial charge in [-0.05, 0) is 42.2 Å². The van der Waals surface area contributed by atoms with Crippen molar-refractivity contribution in [1.29, 1.82) is 0 Å². The van der Waals surface area contributed by atoms with Crippen molar-refractivity contribution in [2.75, 3.05) is 5.32 Å². The van der Waals surface area contributed by atoms with Crippen molar-refractivity contribution in [3.05, 3.63) is 34.0 Å². The lowest BCUT2D eigenvalue weighted by Crippen LogP contribution is -2.27. The van der Waals surface area contributed by atoms with Crippen molar-refractivity contribution in [1.82, 2.24) is 9.78 Å². The maximum Gasteiger partial charge on any atom is 0.333 e. The lowest BCUT2D eigenvalue weighted by Gasteiger charge is -2.33. The van der Waals surface area contributed by atoms with E-state index in [2.05, 4.69) is 31.2 Å². The minimum Gasteiger partial charge on any atom is -0.365 e. The van der Waals surface area contributed by atoms with Gasteiger partial charge in [0, 0.05) is 11.1 Å². The van der Waals surface area contributed by atoms with Crippen LogP contribution < -0.4 is 11.1 Å². The van der Waals surface area contributed by atoms with E-state index in [0.717, 1.165) is 35.9 Å². The van der Waals surface area contributed by atoms with Gasteiger partial charge in [0.1, 0.15) is 5.00 Å². The van der Waals surface area contributed by atoms with Crippen LogP contribution in [-0.2, 0) is 12.8 Å². The average Bonchev–Trinajstić information content (AvgIpc) is 3.17. The van der Waals surface area contributed by atoms with E-state index >= 15 is 0 Å². The van der Waals surface area contributed by atoms with Crippen LogP contribution in [0, 0.1) is 11.3 Å². The van der Waals surface area contributed by atoms with Crippen molar-refractivity contribution in [2.24, 2.45) is 17.1 Å². The summed E-state index contributed by atoms with van der Waals surface area (Å²) in [6.45, 7) is 3.74. The molecule has 0 unspecified atom stereocenters. The van der Waals surface area contributed by atoms with Gasteiger partial charge in [-0.1, -0.05) is 20.8 Å². The Balaban J connectivity index is 1.88. The number of carbonyl (C=O) groups is 2. The number of nitrogens with two attached hydrogens (primary N) is 1. The van der Waals surface area contributed by atoms with Crippen LogP contribution in [0.2, 0.25) is 0 Å². The summed E-state index contributed by atoms with van der Waals surface area (Å²) < 4.78 is 25.7. The molecule has 2 aromatic rings. The maximum atomic E-state index is 12.6. The van der Waals surface area contributed by atoms with E-state index in [1.165, 1.54) is 17.4 Å². The summed E-state index contributed by atoms with van der Waals surface area (Å²) in [5, 5.41) is 6.54. The molecule has 1 aliphatic rings. The van der Waals surface area contributed by atoms with Crippen LogP contribution in [-0.4, -0.2) is 21.6 Å². The first-order valence-electron chi connectivity index (χ1n) is 8.67. The molecular weight excluding hydrogens is 374 g/mol. The van der Waals surface area contributed by atoms with Crippen LogP contribution in [0.25, 0.3) is 0 Å². The molecule has 2 aromatic heterocycles. The molecule has 0 spiro atoms. The smallest absolute Gasteiger partial charge is 0.333 e. The van der Waals surface area contributed by atoms with E-state index in [9.17, 15) is 18.4 Å². The summed E-state index contributed by atoms with van der Waals surface area (Å²) in [5.41, 5.74) is 6.76. The number of nitrogens with zero attached hydrogens (tertiary/aromatic N) is 2. The number of thiophene rings is 1. The fourth-order valence-corrected chi connectivity index (χ4v) is 4.74. The summed E-state index contributed by atoms with van der Waals surface area (Å²) in [4.78, 5) is 25.4. The van der Waals surface area contributed by atoms with Crippen LogP contribution in [0.3, 0.4) is 0 Å². The van der Waals surface area contributed by atoms with Crippen LogP contribution in [0.4, 0.5) is 13.8 Å². The van der Waals surface area contributed by atoms with Gasteiger partial charge in [-0.25, -0.2) is 4.68 Å². The molecule has 9 heteroatoms. The molecule has 27 heavy (non-hydrogen) atoms. The molecule has 146 valence electrons. The van der Waals surface area contributed by atoms with Gasteiger partial charge in [-0.3, -0.25) is 9.59 Å². The first-order chi connectivity index (χ1) is 12.6. The molecule has 1 atom stereocenters. The van der Waals surface area contributed by atoms with Gasteiger partial charge in [-0.2, -0.15) is 13.9 Å². The Morgan fingerprint density at radius 1 is 1.41 bits per heavy atom. The van der Waals surface area contributed by atoms with Gasteiger partial charge >= 0.3 is 6.55 Å². The third-order valence-corrected chi connectivity index (χ3v) is 6.17. The van der Waals surface area contributed by atoms with E-state index in [1.54, 1.807) is 0 Å². The van der Waals surface area contributed by atoms with Crippen molar-refractivity contribution in [3.8, 4) is 0 Å². The van der Waals surface area contributed by atoms with Gasteiger partial charge in [0.05, 0.1) is 5.56 Å². The number of halogens is 2. The lowest BCUT2D eigenvalue weighted by molar-refractivity contribution is 0.0561. The Hall–Kier alpha value is -2.29. The highest BCUT2D eigenvalue weighted by atomic mass is 32.1. The first kappa shape index (κ1) is 19.5. The minimum atomic E-state index is -2.82. The summed E-state index contributed by atoms with van der Waals surface area (Å²) in [6, 6.07) is 1.20. The van der Waals surface area contributed by atoms with Crippen molar-refractivity contribution in [2.45, 2.75) is 46.6 Å². The Labute approximate surface area is 159 Å². The number of primary amides is 1. The third-order valence-electron chi connectivity index (χ3n) is 5.00. The molecule has 0 fully saturated rings. The lowest BCUT2D eigenvalue weighted by atomic mass is 9.72. The molecule has 3 N–H and O–H groups in total. The summed E-state index contributed by atoms with van der Waals surface area (Å²) in [5.74, 6) is -0.785. The maximum absolute atomic E-state index is 12.6. The fraction of sp³-hybridized carbons (Fsp3) is 0.500. The first-order valence-corrected chi connectivity index (χ1v) is 9.48. The van der Waals surface area contributed by atoms with Crippen molar-refractivity contribution >= 4 is 28.2 Å². The van der Waals surface area contributed by atoms with Crippen LogP contribution in [0.5, 0.6) is 0 Å². The predicted molar refractivity (Wildman–Crippen MR) is 99.2 cm³/mol. The van der Waals surface area contributed by atoms with E-state index < -0.39 is 18.4 Å². The molecule has 1 aliphatic carbocycles. The largest absolute Gasteiger partial charge is 0.365 e. The van der Waals surface area contributed by atoms with E-state index in [4.69, 9.17) is 5.73 Å². The second-order valence-electron chi connectivity index (χ2n) is 7.79. The van der Waals surface area contributed by atoms with Gasteiger partial charge in [0.2, 0.25) is 0 Å². The average molecular weight is 396 g/mol. The molecule has 0 saturated carbocycles. The molecule has 0 aliphatic heterocycles. The number of carbonyl (C=O) groups excluding carboxylic acids is 2. The summed E-state index contributed by atoms with van der Waals surface area (Å²) in [6.07, 6.45) is 3.52. The van der Waals surface area contributed by atoms with Crippen molar-refractivity contribution in [3.63, 3.8) is 0 Å². The van der Waals surface area contributed by atoms with E-state index in [0.29, 0.717) is 21.2 Å². The second kappa shape index (κ2) is 7.03. The number of amides is 2. The number of fused-ring (bicyclic) bond motifs is 1. The highest BCUT2D eigenvalue weighted by Gasteiger charge is 2.33. The Kier molecular flexibility index (Phi) is 5.07. The molecule has 0 aromatic carbocycles. The monoisotopic (exact) mass is 396 g/mol. The number of anilines is 1. The van der Waals surface area contributed by atoms with Crippen LogP contribution in [0.15, 0.2) is 12.3 Å². The molecular formula is C18H22F2N4O2S. The minimum absolute atomic E-state index is 0.139. The molecule has 3 rings (SSSR count).